The van der Waals surface area contributed by atoms with Gasteiger partial charge in [-0.1, -0.05) is 5.16 Å². The molecular formula is C11H13NO5. The molecule has 0 atom stereocenters. The lowest BCUT2D eigenvalue weighted by atomic mass is 10.1. The first-order chi connectivity index (χ1) is 8.26. The molecule has 0 spiro atoms. The summed E-state index contributed by atoms with van der Waals surface area (Å²) in [5.74, 6) is 1.93. The summed E-state index contributed by atoms with van der Waals surface area (Å²) in [5.41, 5.74) is 0.991. The minimum absolute atomic E-state index is 0.193. The highest BCUT2D eigenvalue weighted by molar-refractivity contribution is 6.09. The van der Waals surface area contributed by atoms with Crippen LogP contribution in [0.15, 0.2) is 11.2 Å². The summed E-state index contributed by atoms with van der Waals surface area (Å²) in [5, 5.41) is 12.1. The SMILES string of the molecule is COc1cc2c(c(OC)c1OC)C(=NO)CO2. The van der Waals surface area contributed by atoms with E-state index in [0.717, 1.165) is 0 Å². The maximum absolute atomic E-state index is 8.90. The predicted octanol–water partition coefficient (Wildman–Crippen LogP) is 1.28. The Hall–Kier alpha value is -2.11. The summed E-state index contributed by atoms with van der Waals surface area (Å²) in [6.07, 6.45) is 0. The van der Waals surface area contributed by atoms with Gasteiger partial charge >= 0.3 is 0 Å². The first-order valence-corrected chi connectivity index (χ1v) is 4.93. The number of benzene rings is 1. The van der Waals surface area contributed by atoms with E-state index in [1.54, 1.807) is 6.07 Å². The largest absolute Gasteiger partial charge is 0.493 e. The minimum atomic E-state index is 0.193. The molecular weight excluding hydrogens is 226 g/mol. The van der Waals surface area contributed by atoms with E-state index in [1.807, 2.05) is 0 Å². The Balaban J connectivity index is 2.70. The van der Waals surface area contributed by atoms with Gasteiger partial charge in [-0.2, -0.15) is 0 Å². The Labute approximate surface area is 98.3 Å². The van der Waals surface area contributed by atoms with E-state index in [-0.39, 0.29) is 6.61 Å². The molecule has 1 aromatic carbocycles. The van der Waals surface area contributed by atoms with Gasteiger partial charge < -0.3 is 24.2 Å². The molecule has 0 fully saturated rings. The van der Waals surface area contributed by atoms with Gasteiger partial charge in [-0.15, -0.1) is 0 Å². The molecule has 92 valence electrons. The molecule has 0 unspecified atom stereocenters. The topological polar surface area (TPSA) is 69.5 Å². The first-order valence-electron chi connectivity index (χ1n) is 4.93. The van der Waals surface area contributed by atoms with Gasteiger partial charge in [0.25, 0.3) is 0 Å². The molecule has 1 aliphatic heterocycles. The summed E-state index contributed by atoms with van der Waals surface area (Å²) in [6.45, 7) is 0.193. The number of nitrogens with zero attached hydrogens (tertiary/aromatic N) is 1. The summed E-state index contributed by atoms with van der Waals surface area (Å²) < 4.78 is 21.1. The van der Waals surface area contributed by atoms with Crippen molar-refractivity contribution in [2.75, 3.05) is 27.9 Å². The van der Waals surface area contributed by atoms with E-state index in [1.165, 1.54) is 21.3 Å². The van der Waals surface area contributed by atoms with Crippen molar-refractivity contribution in [3.05, 3.63) is 11.6 Å². The van der Waals surface area contributed by atoms with Crippen LogP contribution < -0.4 is 18.9 Å². The third-order valence-corrected chi connectivity index (χ3v) is 2.57. The van der Waals surface area contributed by atoms with Crippen LogP contribution in [0.5, 0.6) is 23.0 Å². The second kappa shape index (κ2) is 4.40. The van der Waals surface area contributed by atoms with E-state index in [4.69, 9.17) is 24.2 Å². The Morgan fingerprint density at radius 2 is 1.88 bits per heavy atom. The zero-order valence-electron chi connectivity index (χ0n) is 9.81. The van der Waals surface area contributed by atoms with Gasteiger partial charge in [0.05, 0.1) is 26.9 Å². The number of methoxy groups -OCH3 is 3. The number of hydrogen-bond acceptors (Lipinski definition) is 6. The summed E-state index contributed by atoms with van der Waals surface area (Å²) in [6, 6.07) is 1.68. The molecule has 0 amide bonds. The van der Waals surface area contributed by atoms with Crippen molar-refractivity contribution in [3.63, 3.8) is 0 Å². The summed E-state index contributed by atoms with van der Waals surface area (Å²) >= 11 is 0. The van der Waals surface area contributed by atoms with E-state index >= 15 is 0 Å². The van der Waals surface area contributed by atoms with Crippen LogP contribution in [-0.4, -0.2) is 38.9 Å². The van der Waals surface area contributed by atoms with Gasteiger partial charge in [0.15, 0.2) is 11.5 Å². The van der Waals surface area contributed by atoms with E-state index < -0.39 is 0 Å². The molecule has 0 aliphatic carbocycles. The van der Waals surface area contributed by atoms with Crippen LogP contribution in [0, 0.1) is 0 Å². The molecule has 1 aromatic rings. The third kappa shape index (κ3) is 1.61. The van der Waals surface area contributed by atoms with Crippen molar-refractivity contribution in [2.45, 2.75) is 0 Å². The third-order valence-electron chi connectivity index (χ3n) is 2.57. The van der Waals surface area contributed by atoms with Gasteiger partial charge in [0.2, 0.25) is 5.75 Å². The zero-order valence-corrected chi connectivity index (χ0v) is 9.81. The van der Waals surface area contributed by atoms with Crippen molar-refractivity contribution in [2.24, 2.45) is 5.16 Å². The highest BCUT2D eigenvalue weighted by Gasteiger charge is 2.30. The lowest BCUT2D eigenvalue weighted by Crippen LogP contribution is -2.04. The van der Waals surface area contributed by atoms with Crippen LogP contribution in [0.25, 0.3) is 0 Å². The van der Waals surface area contributed by atoms with Crippen molar-refractivity contribution in [3.8, 4) is 23.0 Å². The van der Waals surface area contributed by atoms with Gasteiger partial charge in [-0.25, -0.2) is 0 Å². The molecule has 6 nitrogen and oxygen atoms in total. The van der Waals surface area contributed by atoms with Gasteiger partial charge in [-0.05, 0) is 0 Å². The standard InChI is InChI=1S/C11H13NO5/c1-14-8-4-7-9(6(12-13)5-17-7)11(16-3)10(8)15-2/h4,13H,5H2,1-3H3. The fourth-order valence-electron chi connectivity index (χ4n) is 1.82. The van der Waals surface area contributed by atoms with Crippen LogP contribution >= 0.6 is 0 Å². The Kier molecular flexibility index (Phi) is 2.95. The molecule has 1 heterocycles. The summed E-state index contributed by atoms with van der Waals surface area (Å²) in [7, 11) is 4.54. The van der Waals surface area contributed by atoms with Crippen LogP contribution in [0.4, 0.5) is 0 Å². The number of fused-ring (bicyclic) bond motifs is 1. The Morgan fingerprint density at radius 1 is 1.18 bits per heavy atom. The fourth-order valence-corrected chi connectivity index (χ4v) is 1.82. The van der Waals surface area contributed by atoms with Crippen molar-refractivity contribution >= 4 is 5.71 Å². The molecule has 0 saturated carbocycles. The van der Waals surface area contributed by atoms with Crippen LogP contribution in [0.2, 0.25) is 0 Å². The lowest BCUT2D eigenvalue weighted by molar-refractivity contribution is 0.313. The highest BCUT2D eigenvalue weighted by atomic mass is 16.5. The van der Waals surface area contributed by atoms with Crippen LogP contribution in [0.1, 0.15) is 5.56 Å². The lowest BCUT2D eigenvalue weighted by Gasteiger charge is -2.14. The number of ether oxygens (including phenoxy) is 4. The van der Waals surface area contributed by atoms with Crippen LogP contribution in [0.3, 0.4) is 0 Å². The number of rotatable bonds is 3. The zero-order chi connectivity index (χ0) is 12.4. The normalized spacial score (nSPS) is 15.4. The molecule has 6 heteroatoms. The van der Waals surface area contributed by atoms with Gasteiger partial charge in [-0.3, -0.25) is 0 Å². The van der Waals surface area contributed by atoms with Crippen molar-refractivity contribution < 1.29 is 24.2 Å². The average molecular weight is 239 g/mol. The number of hydrogen-bond donors (Lipinski definition) is 1. The molecule has 2 rings (SSSR count). The Morgan fingerprint density at radius 3 is 2.41 bits per heavy atom. The first kappa shape index (κ1) is 11.4. The molecule has 0 aromatic heterocycles. The van der Waals surface area contributed by atoms with Crippen molar-refractivity contribution in [1.29, 1.82) is 0 Å². The fraction of sp³-hybridized carbons (Fsp3) is 0.364. The average Bonchev–Trinajstić information content (AvgIpc) is 2.78. The second-order valence-electron chi connectivity index (χ2n) is 3.35. The molecule has 1 aliphatic rings. The smallest absolute Gasteiger partial charge is 0.204 e. The van der Waals surface area contributed by atoms with Crippen LogP contribution in [-0.2, 0) is 0 Å². The van der Waals surface area contributed by atoms with Gasteiger partial charge in [0.1, 0.15) is 18.1 Å². The van der Waals surface area contributed by atoms with E-state index in [9.17, 15) is 0 Å². The number of oxime groups is 1. The molecule has 0 bridgehead atoms. The second-order valence-corrected chi connectivity index (χ2v) is 3.35. The van der Waals surface area contributed by atoms with Crippen molar-refractivity contribution in [1.82, 2.24) is 0 Å². The minimum Gasteiger partial charge on any atom is -0.493 e. The molecule has 17 heavy (non-hydrogen) atoms. The van der Waals surface area contributed by atoms with E-state index in [2.05, 4.69) is 5.16 Å². The van der Waals surface area contributed by atoms with E-state index in [0.29, 0.717) is 34.3 Å². The summed E-state index contributed by atoms with van der Waals surface area (Å²) in [4.78, 5) is 0. The van der Waals surface area contributed by atoms with Gasteiger partial charge in [0, 0.05) is 6.07 Å². The quantitative estimate of drug-likeness (QED) is 0.635. The maximum Gasteiger partial charge on any atom is 0.204 e. The molecule has 0 radical (unpaired) electrons. The molecule has 0 saturated heterocycles. The highest BCUT2D eigenvalue weighted by Crippen LogP contribution is 2.47. The molecule has 1 N–H and O–H groups in total. The predicted molar refractivity (Wildman–Crippen MR) is 59.9 cm³/mol. The Bertz CT molecular complexity index is 469. The maximum atomic E-state index is 8.90. The monoisotopic (exact) mass is 239 g/mol.